The zero-order valence-electron chi connectivity index (χ0n) is 11.3. The van der Waals surface area contributed by atoms with E-state index in [0.717, 1.165) is 19.4 Å². The van der Waals surface area contributed by atoms with Crippen LogP contribution in [0, 0.1) is 0 Å². The van der Waals surface area contributed by atoms with Crippen molar-refractivity contribution in [2.24, 2.45) is 0 Å². The Hall–Kier alpha value is -0.710. The number of halogens is 1. The van der Waals surface area contributed by atoms with Gasteiger partial charge in [0.05, 0.1) is 6.04 Å². The van der Waals surface area contributed by atoms with Crippen molar-refractivity contribution in [1.82, 2.24) is 10.3 Å². The Kier molecular flexibility index (Phi) is 5.55. The summed E-state index contributed by atoms with van der Waals surface area (Å²) in [5.41, 5.74) is 2.66. The lowest BCUT2D eigenvalue weighted by Crippen LogP contribution is -2.23. The Balaban J connectivity index is 2.40. The topological polar surface area (TPSA) is 24.9 Å². The number of nitrogens with one attached hydrogen (secondary N) is 1. The monoisotopic (exact) mass is 338 g/mol. The quantitative estimate of drug-likeness (QED) is 0.835. The van der Waals surface area contributed by atoms with Crippen molar-refractivity contribution in [2.75, 3.05) is 6.54 Å². The zero-order valence-corrected chi connectivity index (χ0v) is 13.7. The molecule has 0 fully saturated rings. The van der Waals surface area contributed by atoms with Crippen molar-refractivity contribution in [3.63, 3.8) is 0 Å². The Morgan fingerprint density at radius 2 is 2.21 bits per heavy atom. The SMILES string of the molecule is CCCNC(c1ccncc1CC)c1sccc1Br. The number of aryl methyl sites for hydroxylation is 1. The summed E-state index contributed by atoms with van der Waals surface area (Å²) in [6.45, 7) is 5.39. The molecule has 0 aliphatic carbocycles. The molecule has 2 aromatic rings. The highest BCUT2D eigenvalue weighted by molar-refractivity contribution is 9.10. The van der Waals surface area contributed by atoms with Crippen LogP contribution in [0.15, 0.2) is 34.4 Å². The standard InChI is InChI=1S/C15H19BrN2S/c1-3-7-18-14(15-13(16)6-9-19-15)12-5-8-17-10-11(12)4-2/h5-6,8-10,14,18H,3-4,7H2,1-2H3. The molecule has 1 N–H and O–H groups in total. The molecule has 0 spiro atoms. The van der Waals surface area contributed by atoms with Gasteiger partial charge in [0.15, 0.2) is 0 Å². The van der Waals surface area contributed by atoms with E-state index in [1.807, 2.05) is 12.4 Å². The third kappa shape index (κ3) is 3.44. The molecule has 2 nitrogen and oxygen atoms in total. The van der Waals surface area contributed by atoms with Crippen LogP contribution in [0.4, 0.5) is 0 Å². The van der Waals surface area contributed by atoms with Crippen molar-refractivity contribution in [3.8, 4) is 0 Å². The molecule has 2 aromatic heterocycles. The van der Waals surface area contributed by atoms with Gasteiger partial charge in [-0.05, 0) is 64.0 Å². The smallest absolute Gasteiger partial charge is 0.0686 e. The lowest BCUT2D eigenvalue weighted by atomic mass is 9.99. The van der Waals surface area contributed by atoms with Crippen LogP contribution < -0.4 is 5.32 Å². The molecule has 0 bridgehead atoms. The Morgan fingerprint density at radius 3 is 2.84 bits per heavy atom. The molecule has 0 saturated carbocycles. The molecule has 0 aliphatic heterocycles. The third-order valence-electron chi connectivity index (χ3n) is 3.14. The summed E-state index contributed by atoms with van der Waals surface area (Å²) in [4.78, 5) is 5.59. The highest BCUT2D eigenvalue weighted by atomic mass is 79.9. The zero-order chi connectivity index (χ0) is 13.7. The van der Waals surface area contributed by atoms with Gasteiger partial charge in [-0.25, -0.2) is 0 Å². The Morgan fingerprint density at radius 1 is 1.37 bits per heavy atom. The van der Waals surface area contributed by atoms with E-state index in [-0.39, 0.29) is 6.04 Å². The second kappa shape index (κ2) is 7.17. The number of rotatable bonds is 6. The summed E-state index contributed by atoms with van der Waals surface area (Å²) in [6, 6.07) is 4.51. The first-order chi connectivity index (χ1) is 9.27. The van der Waals surface area contributed by atoms with Crippen LogP contribution in [0.1, 0.15) is 42.3 Å². The van der Waals surface area contributed by atoms with E-state index in [9.17, 15) is 0 Å². The molecule has 4 heteroatoms. The summed E-state index contributed by atoms with van der Waals surface area (Å²) in [5.74, 6) is 0. The van der Waals surface area contributed by atoms with E-state index in [4.69, 9.17) is 0 Å². The van der Waals surface area contributed by atoms with Gasteiger partial charge in [-0.1, -0.05) is 13.8 Å². The first kappa shape index (κ1) is 14.7. The minimum absolute atomic E-state index is 0.257. The van der Waals surface area contributed by atoms with Crippen molar-refractivity contribution in [2.45, 2.75) is 32.7 Å². The van der Waals surface area contributed by atoms with Gasteiger partial charge in [0.2, 0.25) is 0 Å². The van der Waals surface area contributed by atoms with Crippen LogP contribution in [0.3, 0.4) is 0 Å². The lowest BCUT2D eigenvalue weighted by molar-refractivity contribution is 0.600. The van der Waals surface area contributed by atoms with Crippen LogP contribution in [-0.4, -0.2) is 11.5 Å². The van der Waals surface area contributed by atoms with Crippen molar-refractivity contribution < 1.29 is 0 Å². The normalized spacial score (nSPS) is 12.6. The van der Waals surface area contributed by atoms with E-state index in [1.54, 1.807) is 11.3 Å². The minimum Gasteiger partial charge on any atom is -0.306 e. The molecule has 0 saturated heterocycles. The van der Waals surface area contributed by atoms with E-state index < -0.39 is 0 Å². The average Bonchev–Trinajstić information content (AvgIpc) is 2.86. The second-order valence-electron chi connectivity index (χ2n) is 4.45. The van der Waals surface area contributed by atoms with Crippen LogP contribution >= 0.6 is 27.3 Å². The number of hydrogen-bond acceptors (Lipinski definition) is 3. The van der Waals surface area contributed by atoms with Gasteiger partial charge in [-0.2, -0.15) is 0 Å². The molecular weight excluding hydrogens is 320 g/mol. The van der Waals surface area contributed by atoms with E-state index in [1.165, 1.54) is 20.5 Å². The van der Waals surface area contributed by atoms with Crippen LogP contribution in [0.2, 0.25) is 0 Å². The molecular formula is C15H19BrN2S. The number of pyridine rings is 1. The predicted molar refractivity (Wildman–Crippen MR) is 85.8 cm³/mol. The lowest BCUT2D eigenvalue weighted by Gasteiger charge is -2.21. The highest BCUT2D eigenvalue weighted by Gasteiger charge is 2.19. The maximum absolute atomic E-state index is 4.25. The molecule has 2 rings (SSSR count). The summed E-state index contributed by atoms with van der Waals surface area (Å²) in [7, 11) is 0. The maximum atomic E-state index is 4.25. The van der Waals surface area contributed by atoms with Gasteiger partial charge < -0.3 is 5.32 Å². The molecule has 1 unspecified atom stereocenters. The molecule has 0 aliphatic rings. The molecule has 0 radical (unpaired) electrons. The van der Waals surface area contributed by atoms with Crippen LogP contribution in [0.25, 0.3) is 0 Å². The number of aromatic nitrogens is 1. The molecule has 2 heterocycles. The van der Waals surface area contributed by atoms with E-state index in [2.05, 4.69) is 57.6 Å². The summed E-state index contributed by atoms with van der Waals surface area (Å²) in [5, 5.41) is 5.79. The van der Waals surface area contributed by atoms with Gasteiger partial charge in [-0.3, -0.25) is 4.98 Å². The molecule has 19 heavy (non-hydrogen) atoms. The van der Waals surface area contributed by atoms with Gasteiger partial charge in [-0.15, -0.1) is 11.3 Å². The van der Waals surface area contributed by atoms with Crippen LogP contribution in [0.5, 0.6) is 0 Å². The average molecular weight is 339 g/mol. The van der Waals surface area contributed by atoms with Crippen molar-refractivity contribution >= 4 is 27.3 Å². The van der Waals surface area contributed by atoms with Gasteiger partial charge >= 0.3 is 0 Å². The second-order valence-corrected chi connectivity index (χ2v) is 6.25. The predicted octanol–water partition coefficient (Wildman–Crippen LogP) is 4.56. The largest absolute Gasteiger partial charge is 0.306 e. The fraction of sp³-hybridized carbons (Fsp3) is 0.400. The van der Waals surface area contributed by atoms with Crippen molar-refractivity contribution in [3.05, 3.63) is 50.4 Å². The molecule has 0 amide bonds. The summed E-state index contributed by atoms with van der Waals surface area (Å²) in [6.07, 6.45) is 6.01. The van der Waals surface area contributed by atoms with Gasteiger partial charge in [0, 0.05) is 21.7 Å². The molecule has 102 valence electrons. The summed E-state index contributed by atoms with van der Waals surface area (Å²) >= 11 is 5.45. The number of hydrogen-bond donors (Lipinski definition) is 1. The van der Waals surface area contributed by atoms with Crippen LogP contribution in [-0.2, 0) is 6.42 Å². The van der Waals surface area contributed by atoms with E-state index in [0.29, 0.717) is 0 Å². The van der Waals surface area contributed by atoms with Gasteiger partial charge in [0.1, 0.15) is 0 Å². The third-order valence-corrected chi connectivity index (χ3v) is 5.07. The number of thiophene rings is 1. The van der Waals surface area contributed by atoms with Crippen molar-refractivity contribution in [1.29, 1.82) is 0 Å². The highest BCUT2D eigenvalue weighted by Crippen LogP contribution is 2.34. The molecule has 1 atom stereocenters. The fourth-order valence-corrected chi connectivity index (χ4v) is 3.85. The minimum atomic E-state index is 0.257. The summed E-state index contributed by atoms with van der Waals surface area (Å²) < 4.78 is 1.19. The first-order valence-electron chi connectivity index (χ1n) is 6.67. The first-order valence-corrected chi connectivity index (χ1v) is 8.34. The molecule has 0 aromatic carbocycles. The Labute approximate surface area is 127 Å². The number of nitrogens with zero attached hydrogens (tertiary/aromatic N) is 1. The van der Waals surface area contributed by atoms with Gasteiger partial charge in [0.25, 0.3) is 0 Å². The maximum Gasteiger partial charge on any atom is 0.0686 e. The Bertz CT molecular complexity index is 524. The fourth-order valence-electron chi connectivity index (χ4n) is 2.16. The van der Waals surface area contributed by atoms with E-state index >= 15 is 0 Å².